The Kier molecular flexibility index (Phi) is 5.47. The van der Waals surface area contributed by atoms with Crippen LogP contribution in [0.1, 0.15) is 63.4 Å². The molecule has 0 aliphatic rings. The molecular weight excluding hydrogens is 242 g/mol. The number of hydrogen-bond donors (Lipinski definition) is 3. The number of carbonyl (C=O) groups is 1. The predicted molar refractivity (Wildman–Crippen MR) is 74.9 cm³/mol. The number of aromatic amines is 1. The third-order valence-electron chi connectivity index (χ3n) is 2.92. The number of nitrogens with one attached hydrogen (secondary N) is 2. The van der Waals surface area contributed by atoms with Gasteiger partial charge < -0.3 is 11.1 Å². The molecule has 1 aromatic rings. The normalized spacial score (nSPS) is 13.3. The van der Waals surface area contributed by atoms with Gasteiger partial charge in [0.1, 0.15) is 5.82 Å². The molecule has 6 heteroatoms. The van der Waals surface area contributed by atoms with Crippen molar-refractivity contribution in [3.63, 3.8) is 0 Å². The number of amides is 1. The summed E-state index contributed by atoms with van der Waals surface area (Å²) < 4.78 is 0. The van der Waals surface area contributed by atoms with Gasteiger partial charge in [-0.15, -0.1) is 5.10 Å². The van der Waals surface area contributed by atoms with Crippen molar-refractivity contribution in [1.82, 2.24) is 20.5 Å². The first-order chi connectivity index (χ1) is 8.88. The predicted octanol–water partition coefficient (Wildman–Crippen LogP) is 1.35. The van der Waals surface area contributed by atoms with E-state index >= 15 is 0 Å². The van der Waals surface area contributed by atoms with E-state index in [1.807, 2.05) is 20.8 Å². The Labute approximate surface area is 114 Å². The Balaban J connectivity index is 2.64. The molecule has 1 aromatic heterocycles. The summed E-state index contributed by atoms with van der Waals surface area (Å²) in [4.78, 5) is 16.2. The fourth-order valence-corrected chi connectivity index (χ4v) is 1.65. The first kappa shape index (κ1) is 15.6. The van der Waals surface area contributed by atoms with Crippen LogP contribution in [0.4, 0.5) is 0 Å². The molecule has 0 aliphatic carbocycles. The maximum atomic E-state index is 12.0. The number of hydrogen-bond acceptors (Lipinski definition) is 4. The average Bonchev–Trinajstić information content (AvgIpc) is 2.83. The van der Waals surface area contributed by atoms with Crippen LogP contribution in [0.15, 0.2) is 0 Å². The third kappa shape index (κ3) is 4.63. The largest absolute Gasteiger partial charge is 0.345 e. The van der Waals surface area contributed by atoms with Crippen LogP contribution in [0, 0.1) is 0 Å². The third-order valence-corrected chi connectivity index (χ3v) is 2.92. The summed E-state index contributed by atoms with van der Waals surface area (Å²) in [5.41, 5.74) is 5.50. The molecule has 0 bridgehead atoms. The van der Waals surface area contributed by atoms with Crippen molar-refractivity contribution < 1.29 is 4.79 Å². The van der Waals surface area contributed by atoms with E-state index in [-0.39, 0.29) is 23.2 Å². The van der Waals surface area contributed by atoms with Crippen molar-refractivity contribution in [3.05, 3.63) is 11.6 Å². The summed E-state index contributed by atoms with van der Waals surface area (Å²) in [6.07, 6.45) is 3.01. The van der Waals surface area contributed by atoms with Gasteiger partial charge in [0.05, 0.1) is 0 Å². The van der Waals surface area contributed by atoms with Gasteiger partial charge in [-0.25, -0.2) is 4.98 Å². The molecule has 0 fully saturated rings. The molecule has 0 radical (unpaired) electrons. The minimum atomic E-state index is -0.265. The van der Waals surface area contributed by atoms with Crippen LogP contribution in [0.2, 0.25) is 0 Å². The van der Waals surface area contributed by atoms with Crippen LogP contribution in [-0.4, -0.2) is 33.7 Å². The SMILES string of the molecule is CCCCC(CN)NC(=O)c1n[nH]c(C(C)(C)C)n1. The van der Waals surface area contributed by atoms with Crippen LogP contribution in [-0.2, 0) is 5.41 Å². The van der Waals surface area contributed by atoms with Crippen molar-refractivity contribution in [3.8, 4) is 0 Å². The summed E-state index contributed by atoms with van der Waals surface area (Å²) in [5.74, 6) is 0.619. The van der Waals surface area contributed by atoms with E-state index in [1.165, 1.54) is 0 Å². The summed E-state index contributed by atoms with van der Waals surface area (Å²) in [5, 5.41) is 9.64. The van der Waals surface area contributed by atoms with Crippen molar-refractivity contribution in [2.24, 2.45) is 5.73 Å². The van der Waals surface area contributed by atoms with E-state index < -0.39 is 0 Å². The highest BCUT2D eigenvalue weighted by atomic mass is 16.2. The van der Waals surface area contributed by atoms with Gasteiger partial charge in [-0.3, -0.25) is 9.89 Å². The zero-order valence-electron chi connectivity index (χ0n) is 12.3. The molecule has 0 spiro atoms. The lowest BCUT2D eigenvalue weighted by Gasteiger charge is -2.15. The zero-order valence-corrected chi connectivity index (χ0v) is 12.3. The molecule has 1 heterocycles. The fraction of sp³-hybridized carbons (Fsp3) is 0.769. The zero-order chi connectivity index (χ0) is 14.5. The highest BCUT2D eigenvalue weighted by Crippen LogP contribution is 2.17. The van der Waals surface area contributed by atoms with Gasteiger partial charge in [-0.05, 0) is 6.42 Å². The Hall–Kier alpha value is -1.43. The highest BCUT2D eigenvalue weighted by molar-refractivity contribution is 5.90. The van der Waals surface area contributed by atoms with E-state index in [4.69, 9.17) is 5.73 Å². The van der Waals surface area contributed by atoms with Gasteiger partial charge in [-0.1, -0.05) is 40.5 Å². The Morgan fingerprint density at radius 1 is 1.47 bits per heavy atom. The molecule has 1 atom stereocenters. The maximum absolute atomic E-state index is 12.0. The molecule has 108 valence electrons. The Bertz CT molecular complexity index is 407. The lowest BCUT2D eigenvalue weighted by Crippen LogP contribution is -2.40. The highest BCUT2D eigenvalue weighted by Gasteiger charge is 2.22. The number of carbonyl (C=O) groups excluding carboxylic acids is 1. The Morgan fingerprint density at radius 3 is 2.63 bits per heavy atom. The smallest absolute Gasteiger partial charge is 0.291 e. The van der Waals surface area contributed by atoms with Crippen molar-refractivity contribution in [2.75, 3.05) is 6.54 Å². The van der Waals surface area contributed by atoms with E-state index in [2.05, 4.69) is 27.4 Å². The molecule has 0 saturated heterocycles. The van der Waals surface area contributed by atoms with E-state index in [9.17, 15) is 4.79 Å². The minimum Gasteiger partial charge on any atom is -0.345 e. The molecule has 4 N–H and O–H groups in total. The average molecular weight is 267 g/mol. The summed E-state index contributed by atoms with van der Waals surface area (Å²) in [6.45, 7) is 8.58. The second-order valence-electron chi connectivity index (χ2n) is 5.81. The van der Waals surface area contributed by atoms with E-state index in [0.717, 1.165) is 19.3 Å². The molecular formula is C13H25N5O. The lowest BCUT2D eigenvalue weighted by molar-refractivity contribution is 0.0925. The first-order valence-corrected chi connectivity index (χ1v) is 6.82. The van der Waals surface area contributed by atoms with Crippen LogP contribution in [0.3, 0.4) is 0 Å². The van der Waals surface area contributed by atoms with Crippen molar-refractivity contribution in [2.45, 2.75) is 58.4 Å². The number of nitrogens with zero attached hydrogens (tertiary/aromatic N) is 2. The quantitative estimate of drug-likeness (QED) is 0.724. The molecule has 1 amide bonds. The maximum Gasteiger partial charge on any atom is 0.291 e. The minimum absolute atomic E-state index is 0.0102. The van der Waals surface area contributed by atoms with E-state index in [1.54, 1.807) is 0 Å². The molecule has 0 aromatic carbocycles. The van der Waals surface area contributed by atoms with Gasteiger partial charge in [0.25, 0.3) is 5.91 Å². The van der Waals surface area contributed by atoms with E-state index in [0.29, 0.717) is 12.4 Å². The van der Waals surface area contributed by atoms with Gasteiger partial charge >= 0.3 is 0 Å². The standard InChI is InChI=1S/C13H25N5O/c1-5-6-7-9(8-14)15-11(19)10-16-12(18-17-10)13(2,3)4/h9H,5-8,14H2,1-4H3,(H,15,19)(H,16,17,18). The summed E-state index contributed by atoms with van der Waals surface area (Å²) in [6, 6.07) is -0.0102. The van der Waals surface area contributed by atoms with Gasteiger partial charge in [-0.2, -0.15) is 0 Å². The monoisotopic (exact) mass is 267 g/mol. The van der Waals surface area contributed by atoms with Gasteiger partial charge in [0, 0.05) is 18.0 Å². The van der Waals surface area contributed by atoms with Crippen LogP contribution in [0.25, 0.3) is 0 Å². The summed E-state index contributed by atoms with van der Waals surface area (Å²) in [7, 11) is 0. The lowest BCUT2D eigenvalue weighted by atomic mass is 9.96. The summed E-state index contributed by atoms with van der Waals surface area (Å²) >= 11 is 0. The number of unbranched alkanes of at least 4 members (excludes halogenated alkanes) is 1. The van der Waals surface area contributed by atoms with Crippen molar-refractivity contribution >= 4 is 5.91 Å². The fourth-order valence-electron chi connectivity index (χ4n) is 1.65. The number of rotatable bonds is 6. The van der Waals surface area contributed by atoms with Crippen LogP contribution >= 0.6 is 0 Å². The number of H-pyrrole nitrogens is 1. The topological polar surface area (TPSA) is 96.7 Å². The van der Waals surface area contributed by atoms with Crippen molar-refractivity contribution in [1.29, 1.82) is 0 Å². The second-order valence-corrected chi connectivity index (χ2v) is 5.81. The second kappa shape index (κ2) is 6.65. The molecule has 1 unspecified atom stereocenters. The number of nitrogens with two attached hydrogens (primary N) is 1. The molecule has 19 heavy (non-hydrogen) atoms. The first-order valence-electron chi connectivity index (χ1n) is 6.82. The Morgan fingerprint density at radius 2 is 2.16 bits per heavy atom. The number of aromatic nitrogens is 3. The molecule has 1 rings (SSSR count). The molecule has 6 nitrogen and oxygen atoms in total. The van der Waals surface area contributed by atoms with Gasteiger partial charge in [0.2, 0.25) is 5.82 Å². The van der Waals surface area contributed by atoms with Crippen LogP contribution in [0.5, 0.6) is 0 Å². The molecule has 0 aliphatic heterocycles. The molecule has 0 saturated carbocycles. The van der Waals surface area contributed by atoms with Crippen LogP contribution < -0.4 is 11.1 Å². The van der Waals surface area contributed by atoms with Gasteiger partial charge in [0.15, 0.2) is 0 Å².